The van der Waals surface area contributed by atoms with E-state index in [-0.39, 0.29) is 0 Å². The van der Waals surface area contributed by atoms with E-state index in [1.54, 1.807) is 0 Å². The monoisotopic (exact) mass is 408 g/mol. The average molecular weight is 409 g/mol. The van der Waals surface area contributed by atoms with Crippen LogP contribution in [0.15, 0.2) is 117 Å². The molecule has 0 bridgehead atoms. The Balaban J connectivity index is 1.62. The summed E-state index contributed by atoms with van der Waals surface area (Å²) in [7, 11) is 0. The van der Waals surface area contributed by atoms with Crippen LogP contribution in [0, 0.1) is 0 Å². The van der Waals surface area contributed by atoms with Gasteiger partial charge in [0.05, 0.1) is 0 Å². The average Bonchev–Trinajstić information content (AvgIpc) is 3.45. The van der Waals surface area contributed by atoms with E-state index < -0.39 is 11.2 Å². The number of benzene rings is 4. The summed E-state index contributed by atoms with van der Waals surface area (Å²) in [6.07, 6.45) is 0. The molecule has 0 aromatic heterocycles. The Morgan fingerprint density at radius 2 is 0.690 bits per heavy atom. The molecule has 3 aliphatic heterocycles. The standard InChI is InChI=1S/C26H16OS2/c1-5-13-21-17(9-1)25(18-10-2-6-14-22(18)28-21)26(27-25)19-11-3-7-15-23(19)29-24-16-8-4-12-20(24)26/h1-16H. The van der Waals surface area contributed by atoms with Gasteiger partial charge in [0.2, 0.25) is 0 Å². The summed E-state index contributed by atoms with van der Waals surface area (Å²) >= 11 is 3.70. The Morgan fingerprint density at radius 3 is 1.00 bits per heavy atom. The van der Waals surface area contributed by atoms with Crippen molar-refractivity contribution in [1.82, 2.24) is 0 Å². The first-order valence-electron chi connectivity index (χ1n) is 9.78. The molecule has 0 unspecified atom stereocenters. The molecule has 0 aliphatic carbocycles. The normalized spacial score (nSPS) is 18.5. The van der Waals surface area contributed by atoms with Gasteiger partial charge in [-0.25, -0.2) is 0 Å². The van der Waals surface area contributed by atoms with E-state index in [0.29, 0.717) is 0 Å². The molecule has 3 heteroatoms. The van der Waals surface area contributed by atoms with Crippen LogP contribution in [0.3, 0.4) is 0 Å². The second-order valence-electron chi connectivity index (χ2n) is 7.65. The van der Waals surface area contributed by atoms with Crippen LogP contribution in [0.5, 0.6) is 0 Å². The molecule has 0 saturated carbocycles. The summed E-state index contributed by atoms with van der Waals surface area (Å²) < 4.78 is 7.05. The fourth-order valence-electron chi connectivity index (χ4n) is 5.10. The minimum absolute atomic E-state index is 0.487. The van der Waals surface area contributed by atoms with Crippen molar-refractivity contribution in [2.24, 2.45) is 0 Å². The van der Waals surface area contributed by atoms with Gasteiger partial charge in [-0.15, -0.1) is 0 Å². The lowest BCUT2D eigenvalue weighted by atomic mass is 9.73. The third kappa shape index (κ3) is 1.89. The van der Waals surface area contributed by atoms with Gasteiger partial charge < -0.3 is 4.74 Å². The van der Waals surface area contributed by atoms with Crippen molar-refractivity contribution in [3.05, 3.63) is 119 Å². The first kappa shape index (κ1) is 16.3. The van der Waals surface area contributed by atoms with E-state index >= 15 is 0 Å². The van der Waals surface area contributed by atoms with Gasteiger partial charge in [0.25, 0.3) is 0 Å². The number of epoxide rings is 1. The zero-order chi connectivity index (χ0) is 19.1. The highest BCUT2D eigenvalue weighted by Gasteiger charge is 2.77. The van der Waals surface area contributed by atoms with Gasteiger partial charge in [-0.3, -0.25) is 0 Å². The van der Waals surface area contributed by atoms with E-state index in [2.05, 4.69) is 97.1 Å². The molecular weight excluding hydrogens is 392 g/mol. The zero-order valence-corrected chi connectivity index (χ0v) is 17.1. The molecule has 4 aromatic carbocycles. The van der Waals surface area contributed by atoms with Gasteiger partial charge in [0, 0.05) is 41.8 Å². The molecule has 4 aromatic rings. The second-order valence-corrected chi connectivity index (χ2v) is 9.82. The third-order valence-corrected chi connectivity index (χ3v) is 8.57. The molecule has 2 spiro atoms. The molecule has 3 aliphatic rings. The van der Waals surface area contributed by atoms with Crippen LogP contribution in [0.25, 0.3) is 0 Å². The van der Waals surface area contributed by atoms with Crippen LogP contribution in [-0.2, 0) is 15.9 Å². The maximum atomic E-state index is 7.05. The molecule has 1 saturated heterocycles. The molecule has 0 N–H and O–H groups in total. The van der Waals surface area contributed by atoms with Gasteiger partial charge in [-0.05, 0) is 24.3 Å². The molecule has 3 heterocycles. The molecule has 7 rings (SSSR count). The van der Waals surface area contributed by atoms with Crippen molar-refractivity contribution in [2.75, 3.05) is 0 Å². The minimum atomic E-state index is -0.487. The molecule has 0 radical (unpaired) electrons. The Kier molecular flexibility index (Phi) is 3.14. The van der Waals surface area contributed by atoms with E-state index in [9.17, 15) is 0 Å². The van der Waals surface area contributed by atoms with Gasteiger partial charge in [-0.2, -0.15) is 0 Å². The van der Waals surface area contributed by atoms with Crippen molar-refractivity contribution in [2.45, 2.75) is 30.8 Å². The van der Waals surface area contributed by atoms with Crippen molar-refractivity contribution >= 4 is 23.5 Å². The summed E-state index contributed by atoms with van der Waals surface area (Å²) in [5, 5.41) is 0. The predicted octanol–water partition coefficient (Wildman–Crippen LogP) is 6.83. The molecular formula is C26H16OS2. The van der Waals surface area contributed by atoms with Crippen molar-refractivity contribution in [1.29, 1.82) is 0 Å². The molecule has 138 valence electrons. The van der Waals surface area contributed by atoms with Gasteiger partial charge in [0.15, 0.2) is 11.2 Å². The maximum absolute atomic E-state index is 7.05. The highest BCUT2D eigenvalue weighted by molar-refractivity contribution is 7.99. The highest BCUT2D eigenvalue weighted by atomic mass is 32.2. The fourth-order valence-corrected chi connectivity index (χ4v) is 7.44. The maximum Gasteiger partial charge on any atom is 0.160 e. The summed E-state index contributed by atoms with van der Waals surface area (Å²) in [6.45, 7) is 0. The van der Waals surface area contributed by atoms with E-state index in [1.165, 1.54) is 41.8 Å². The van der Waals surface area contributed by atoms with Crippen LogP contribution >= 0.6 is 23.5 Å². The van der Waals surface area contributed by atoms with Crippen LogP contribution in [0.1, 0.15) is 22.3 Å². The largest absolute Gasteiger partial charge is 0.342 e. The third-order valence-electron chi connectivity index (χ3n) is 6.27. The topological polar surface area (TPSA) is 12.5 Å². The Morgan fingerprint density at radius 1 is 0.414 bits per heavy atom. The molecule has 0 amide bonds. The smallest absolute Gasteiger partial charge is 0.160 e. The number of fused-ring (bicyclic) bond motifs is 9. The van der Waals surface area contributed by atoms with Crippen molar-refractivity contribution in [3.63, 3.8) is 0 Å². The summed E-state index contributed by atoms with van der Waals surface area (Å²) in [5.74, 6) is 0. The molecule has 29 heavy (non-hydrogen) atoms. The fraction of sp³-hybridized carbons (Fsp3) is 0.0769. The van der Waals surface area contributed by atoms with Crippen molar-refractivity contribution in [3.8, 4) is 0 Å². The lowest BCUT2D eigenvalue weighted by Gasteiger charge is -2.32. The first-order valence-corrected chi connectivity index (χ1v) is 11.4. The summed E-state index contributed by atoms with van der Waals surface area (Å²) in [4.78, 5) is 5.15. The number of rotatable bonds is 0. The Labute approximate surface area is 178 Å². The van der Waals surface area contributed by atoms with Gasteiger partial charge >= 0.3 is 0 Å². The molecule has 0 atom stereocenters. The van der Waals surface area contributed by atoms with E-state index in [1.807, 2.05) is 23.5 Å². The highest BCUT2D eigenvalue weighted by Crippen LogP contribution is 2.75. The van der Waals surface area contributed by atoms with E-state index in [0.717, 1.165) is 0 Å². The zero-order valence-electron chi connectivity index (χ0n) is 15.5. The predicted molar refractivity (Wildman–Crippen MR) is 117 cm³/mol. The lowest BCUT2D eigenvalue weighted by Crippen LogP contribution is -2.30. The van der Waals surface area contributed by atoms with Crippen LogP contribution in [0.4, 0.5) is 0 Å². The minimum Gasteiger partial charge on any atom is -0.342 e. The van der Waals surface area contributed by atoms with Crippen LogP contribution < -0.4 is 0 Å². The van der Waals surface area contributed by atoms with E-state index in [4.69, 9.17) is 4.74 Å². The Hall–Kier alpha value is -2.46. The van der Waals surface area contributed by atoms with Crippen LogP contribution in [-0.4, -0.2) is 0 Å². The molecule has 1 fully saturated rings. The Bertz CT molecular complexity index is 1120. The summed E-state index contributed by atoms with van der Waals surface area (Å²) in [5.41, 5.74) is 4.14. The first-order chi connectivity index (χ1) is 14.3. The quantitative estimate of drug-likeness (QED) is 0.296. The van der Waals surface area contributed by atoms with Gasteiger partial charge in [-0.1, -0.05) is 96.3 Å². The number of hydrogen-bond donors (Lipinski definition) is 0. The summed E-state index contributed by atoms with van der Waals surface area (Å²) in [6, 6.07) is 35.0. The number of hydrogen-bond acceptors (Lipinski definition) is 3. The second kappa shape index (κ2) is 5.57. The number of ether oxygens (including phenoxy) is 1. The molecule has 1 nitrogen and oxygen atoms in total. The van der Waals surface area contributed by atoms with Gasteiger partial charge in [0.1, 0.15) is 0 Å². The van der Waals surface area contributed by atoms with Crippen molar-refractivity contribution < 1.29 is 4.74 Å². The van der Waals surface area contributed by atoms with Crippen LogP contribution in [0.2, 0.25) is 0 Å². The SMILES string of the molecule is c1ccc2c(c1)Sc1ccccc1C21OC12c1ccccc1Sc1ccccc12. The lowest BCUT2D eigenvalue weighted by molar-refractivity contribution is 0.292.